The summed E-state index contributed by atoms with van der Waals surface area (Å²) in [5.41, 5.74) is 2.13. The Kier molecular flexibility index (Phi) is 5.86. The van der Waals surface area contributed by atoms with Gasteiger partial charge in [0.15, 0.2) is 0 Å². The highest BCUT2D eigenvalue weighted by atomic mass is 19.4. The zero-order chi connectivity index (χ0) is 22.9. The van der Waals surface area contributed by atoms with Crippen LogP contribution >= 0.6 is 0 Å². The molecular formula is C22H22F3N5O2. The van der Waals surface area contributed by atoms with Crippen molar-refractivity contribution in [3.8, 4) is 5.69 Å². The van der Waals surface area contributed by atoms with Crippen LogP contribution in [0.4, 0.5) is 13.2 Å². The van der Waals surface area contributed by atoms with E-state index < -0.39 is 24.0 Å². The Morgan fingerprint density at radius 1 is 1.12 bits per heavy atom. The minimum Gasteiger partial charge on any atom is -0.391 e. The number of aryl methyl sites for hydroxylation is 3. The second-order valence-corrected chi connectivity index (χ2v) is 7.74. The summed E-state index contributed by atoms with van der Waals surface area (Å²) in [5.74, 6) is 0. The molecule has 0 bridgehead atoms. The van der Waals surface area contributed by atoms with Crippen molar-refractivity contribution < 1.29 is 18.0 Å². The Balaban J connectivity index is 1.64. The number of benzene rings is 2. The van der Waals surface area contributed by atoms with E-state index in [1.54, 1.807) is 6.92 Å². The van der Waals surface area contributed by atoms with Crippen molar-refractivity contribution >= 4 is 5.71 Å². The summed E-state index contributed by atoms with van der Waals surface area (Å²) >= 11 is 0. The van der Waals surface area contributed by atoms with Crippen LogP contribution in [0.25, 0.3) is 5.69 Å². The smallest absolute Gasteiger partial charge is 0.391 e. The fourth-order valence-electron chi connectivity index (χ4n) is 3.86. The van der Waals surface area contributed by atoms with E-state index in [4.69, 9.17) is 4.84 Å². The van der Waals surface area contributed by atoms with Crippen LogP contribution < -0.4 is 5.69 Å². The molecule has 0 N–H and O–H groups in total. The van der Waals surface area contributed by atoms with Gasteiger partial charge in [-0.2, -0.15) is 22.5 Å². The summed E-state index contributed by atoms with van der Waals surface area (Å²) in [7, 11) is 1.36. The van der Waals surface area contributed by atoms with Crippen LogP contribution in [0.1, 0.15) is 47.6 Å². The molecule has 0 saturated carbocycles. The van der Waals surface area contributed by atoms with Crippen molar-refractivity contribution in [3.63, 3.8) is 0 Å². The first kappa shape index (κ1) is 21.8. The molecule has 0 fully saturated rings. The molecular weight excluding hydrogens is 423 g/mol. The van der Waals surface area contributed by atoms with Crippen molar-refractivity contribution in [1.29, 1.82) is 0 Å². The molecule has 0 aliphatic heterocycles. The van der Waals surface area contributed by atoms with E-state index in [-0.39, 0.29) is 11.3 Å². The van der Waals surface area contributed by atoms with Gasteiger partial charge in [0.25, 0.3) is 0 Å². The van der Waals surface area contributed by atoms with Gasteiger partial charge in [-0.05, 0) is 77.9 Å². The van der Waals surface area contributed by atoms with Crippen LogP contribution in [0, 0.1) is 0 Å². The maximum atomic E-state index is 13.6. The Labute approximate surface area is 182 Å². The predicted molar refractivity (Wildman–Crippen MR) is 112 cm³/mol. The molecule has 4 rings (SSSR count). The zero-order valence-electron chi connectivity index (χ0n) is 17.7. The number of fused-ring (bicyclic) bond motifs is 1. The third-order valence-corrected chi connectivity index (χ3v) is 5.58. The first-order valence-electron chi connectivity index (χ1n) is 10.2. The van der Waals surface area contributed by atoms with Gasteiger partial charge in [0, 0.05) is 12.6 Å². The van der Waals surface area contributed by atoms with Crippen LogP contribution in [-0.2, 0) is 37.5 Å². The molecule has 32 heavy (non-hydrogen) atoms. The van der Waals surface area contributed by atoms with Crippen LogP contribution in [0.15, 0.2) is 46.3 Å². The van der Waals surface area contributed by atoms with Gasteiger partial charge in [-0.3, -0.25) is 0 Å². The lowest BCUT2D eigenvalue weighted by Crippen LogP contribution is -2.24. The quantitative estimate of drug-likeness (QED) is 0.442. The van der Waals surface area contributed by atoms with E-state index in [1.807, 2.05) is 6.07 Å². The normalized spacial score (nSPS) is 14.3. The van der Waals surface area contributed by atoms with Gasteiger partial charge in [0.2, 0.25) is 0 Å². The van der Waals surface area contributed by atoms with E-state index in [2.05, 4.69) is 27.7 Å². The van der Waals surface area contributed by atoms with Crippen molar-refractivity contribution in [2.75, 3.05) is 0 Å². The monoisotopic (exact) mass is 445 g/mol. The molecule has 3 aromatic rings. The topological polar surface area (TPSA) is 74.3 Å². The highest BCUT2D eigenvalue weighted by Gasteiger charge is 2.35. The summed E-state index contributed by atoms with van der Waals surface area (Å²) in [6, 6.07) is 9.59. The number of hydrogen-bond acceptors (Lipinski definition) is 5. The Bertz CT molecular complexity index is 1230. The van der Waals surface area contributed by atoms with E-state index in [0.717, 1.165) is 40.3 Å². The number of aromatic nitrogens is 4. The molecule has 168 valence electrons. The lowest BCUT2D eigenvalue weighted by molar-refractivity contribution is -0.138. The van der Waals surface area contributed by atoms with Crippen LogP contribution in [0.2, 0.25) is 0 Å². The molecule has 1 aliphatic rings. The zero-order valence-corrected chi connectivity index (χ0v) is 17.7. The third kappa shape index (κ3) is 4.30. The molecule has 0 unspecified atom stereocenters. The highest BCUT2D eigenvalue weighted by molar-refractivity contribution is 5.98. The van der Waals surface area contributed by atoms with E-state index >= 15 is 0 Å². The Morgan fingerprint density at radius 3 is 2.56 bits per heavy atom. The second-order valence-electron chi connectivity index (χ2n) is 7.74. The van der Waals surface area contributed by atoms with Gasteiger partial charge in [0.1, 0.15) is 6.61 Å². The minimum absolute atomic E-state index is 0.0560. The fraction of sp³-hybridized carbons (Fsp3) is 0.364. The van der Waals surface area contributed by atoms with Gasteiger partial charge in [-0.1, -0.05) is 23.4 Å². The molecule has 0 spiro atoms. The average Bonchev–Trinajstić information content (AvgIpc) is 3.10. The molecule has 10 heteroatoms. The molecule has 7 nitrogen and oxygen atoms in total. The largest absolute Gasteiger partial charge is 0.416 e. The highest BCUT2D eigenvalue weighted by Crippen LogP contribution is 2.34. The van der Waals surface area contributed by atoms with Gasteiger partial charge in [-0.15, -0.1) is 0 Å². The van der Waals surface area contributed by atoms with Crippen LogP contribution in [0.5, 0.6) is 0 Å². The van der Waals surface area contributed by atoms with Crippen molar-refractivity contribution in [3.05, 3.63) is 74.7 Å². The number of nitrogens with zero attached hydrogens (tertiary/aromatic N) is 5. The maximum absolute atomic E-state index is 13.6. The van der Waals surface area contributed by atoms with Gasteiger partial charge in [0.05, 0.1) is 17.0 Å². The van der Waals surface area contributed by atoms with E-state index in [9.17, 15) is 18.0 Å². The van der Waals surface area contributed by atoms with Crippen LogP contribution in [0.3, 0.4) is 0 Å². The molecule has 1 aromatic heterocycles. The molecule has 0 radical (unpaired) electrons. The molecule has 0 atom stereocenters. The maximum Gasteiger partial charge on any atom is 0.416 e. The molecule has 1 aliphatic carbocycles. The average molecular weight is 445 g/mol. The van der Waals surface area contributed by atoms with Gasteiger partial charge in [-0.25, -0.2) is 4.79 Å². The summed E-state index contributed by atoms with van der Waals surface area (Å²) in [4.78, 5) is 17.6. The molecule has 2 aromatic carbocycles. The van der Waals surface area contributed by atoms with E-state index in [0.29, 0.717) is 5.71 Å². The first-order chi connectivity index (χ1) is 15.3. The van der Waals surface area contributed by atoms with Crippen molar-refractivity contribution in [2.45, 2.75) is 45.4 Å². The number of oxime groups is 1. The lowest BCUT2D eigenvalue weighted by Gasteiger charge is -2.17. The Morgan fingerprint density at radius 2 is 1.88 bits per heavy atom. The number of rotatable bonds is 5. The summed E-state index contributed by atoms with van der Waals surface area (Å²) in [6.07, 6.45) is -0.258. The number of halogens is 3. The third-order valence-electron chi connectivity index (χ3n) is 5.58. The van der Waals surface area contributed by atoms with Crippen molar-refractivity contribution in [1.82, 2.24) is 19.8 Å². The first-order valence-corrected chi connectivity index (χ1v) is 10.2. The summed E-state index contributed by atoms with van der Waals surface area (Å²) in [5, 5.41) is 11.3. The summed E-state index contributed by atoms with van der Waals surface area (Å²) in [6.45, 7) is 1.25. The number of hydrogen-bond donors (Lipinski definition) is 0. The number of alkyl halides is 3. The van der Waals surface area contributed by atoms with Crippen molar-refractivity contribution in [2.24, 2.45) is 12.2 Å². The van der Waals surface area contributed by atoms with Gasteiger partial charge >= 0.3 is 11.9 Å². The van der Waals surface area contributed by atoms with Crippen LogP contribution in [-0.4, -0.2) is 25.5 Å². The molecule has 0 saturated heterocycles. The predicted octanol–water partition coefficient (Wildman–Crippen LogP) is 3.80. The Hall–Kier alpha value is -3.43. The van der Waals surface area contributed by atoms with E-state index in [1.165, 1.54) is 36.7 Å². The molecule has 1 heterocycles. The fourth-order valence-corrected chi connectivity index (χ4v) is 3.86. The minimum atomic E-state index is -4.64. The lowest BCUT2D eigenvalue weighted by atomic mass is 9.90. The SMILES string of the molecule is C/C(=N/OCc1c(-n2nnn(C)c2=O)cccc1C(F)(F)F)c1ccc2c(c1)CCCC2. The standard InChI is InChI=1S/C22H22F3N5O2/c1-14(16-11-10-15-6-3-4-7-17(15)12-16)26-32-13-18-19(22(23,24)25)8-5-9-20(18)30-21(31)29(2)27-28-30/h5,8-12H,3-4,6-7,13H2,1-2H3/b26-14-. The van der Waals surface area contributed by atoms with Gasteiger partial charge < -0.3 is 4.84 Å². The second kappa shape index (κ2) is 8.60. The number of tetrazole rings is 1. The summed E-state index contributed by atoms with van der Waals surface area (Å²) < 4.78 is 42.7. The molecule has 0 amide bonds.